The minimum absolute atomic E-state index is 0.0477. The van der Waals surface area contributed by atoms with Gasteiger partial charge in [0.2, 0.25) is 0 Å². The zero-order valence-electron chi connectivity index (χ0n) is 17.3. The van der Waals surface area contributed by atoms with E-state index in [0.717, 1.165) is 0 Å². The maximum atomic E-state index is 11.7. The summed E-state index contributed by atoms with van der Waals surface area (Å²) in [7, 11) is 0. The Morgan fingerprint density at radius 1 is 0.939 bits per heavy atom. The van der Waals surface area contributed by atoms with E-state index in [4.69, 9.17) is 9.47 Å². The molecule has 33 heavy (non-hydrogen) atoms. The van der Waals surface area contributed by atoms with Crippen LogP contribution < -0.4 is 20.7 Å². The quantitative estimate of drug-likeness (QED) is 0.367. The van der Waals surface area contributed by atoms with Crippen molar-refractivity contribution in [3.63, 3.8) is 0 Å². The number of nitro groups is 2. The van der Waals surface area contributed by atoms with Crippen LogP contribution in [0.4, 0.5) is 11.4 Å². The van der Waals surface area contributed by atoms with Crippen LogP contribution in [0, 0.1) is 20.2 Å². The van der Waals surface area contributed by atoms with Crippen LogP contribution in [0.1, 0.15) is 23.7 Å². The summed E-state index contributed by atoms with van der Waals surface area (Å²) >= 11 is 0. The Labute approximate surface area is 185 Å². The first-order valence-corrected chi connectivity index (χ1v) is 9.60. The van der Waals surface area contributed by atoms with E-state index in [9.17, 15) is 29.8 Å². The third-order valence-corrected chi connectivity index (χ3v) is 4.35. The number of hydrogen-bond acceptors (Lipinski definition) is 8. The van der Waals surface area contributed by atoms with Crippen molar-refractivity contribution < 1.29 is 19.3 Å². The van der Waals surface area contributed by atoms with Gasteiger partial charge in [-0.05, 0) is 36.3 Å². The number of aromatic nitrogens is 2. The van der Waals surface area contributed by atoms with Crippen LogP contribution in [0.5, 0.6) is 11.5 Å². The number of hydrogen-bond donors (Lipinski definition) is 2. The maximum Gasteiger partial charge on any atom is 0.357 e. The van der Waals surface area contributed by atoms with Gasteiger partial charge in [0.25, 0.3) is 5.69 Å². The van der Waals surface area contributed by atoms with Gasteiger partial charge >= 0.3 is 16.9 Å². The summed E-state index contributed by atoms with van der Waals surface area (Å²) in [5.74, 6) is 0.759. The minimum atomic E-state index is -1.11. The predicted octanol–water partition coefficient (Wildman–Crippen LogP) is 3.03. The van der Waals surface area contributed by atoms with Crippen LogP contribution >= 0.6 is 0 Å². The van der Waals surface area contributed by atoms with E-state index in [1.165, 1.54) is 24.3 Å². The van der Waals surface area contributed by atoms with Crippen LogP contribution in [0.25, 0.3) is 12.2 Å². The molecule has 0 radical (unpaired) electrons. The third kappa shape index (κ3) is 5.70. The van der Waals surface area contributed by atoms with Crippen molar-refractivity contribution in [3.8, 4) is 11.5 Å². The molecule has 0 unspecified atom stereocenters. The second kappa shape index (κ2) is 10.0. The number of rotatable bonds is 9. The highest BCUT2D eigenvalue weighted by Gasteiger charge is 2.18. The zero-order valence-corrected chi connectivity index (χ0v) is 17.3. The molecule has 12 heteroatoms. The van der Waals surface area contributed by atoms with Gasteiger partial charge in [0.15, 0.2) is 11.5 Å². The minimum Gasteiger partial charge on any atom is -0.490 e. The number of H-pyrrole nitrogens is 2. The van der Waals surface area contributed by atoms with Crippen molar-refractivity contribution >= 4 is 23.5 Å². The summed E-state index contributed by atoms with van der Waals surface area (Å²) in [4.78, 5) is 47.9. The second-order valence-electron chi connectivity index (χ2n) is 6.62. The summed E-state index contributed by atoms with van der Waals surface area (Å²) < 4.78 is 11.3. The number of nitrogens with one attached hydrogen (secondary N) is 2. The average Bonchev–Trinajstić information content (AvgIpc) is 2.76. The van der Waals surface area contributed by atoms with Gasteiger partial charge < -0.3 is 14.5 Å². The van der Waals surface area contributed by atoms with E-state index in [1.807, 2.05) is 4.98 Å². The Hall–Kier alpha value is -4.74. The highest BCUT2D eigenvalue weighted by molar-refractivity contribution is 5.72. The first-order chi connectivity index (χ1) is 15.8. The molecule has 170 valence electrons. The van der Waals surface area contributed by atoms with Crippen LogP contribution in [0.3, 0.4) is 0 Å². The van der Waals surface area contributed by atoms with Gasteiger partial charge in [-0.1, -0.05) is 24.3 Å². The Morgan fingerprint density at radius 3 is 2.42 bits per heavy atom. The van der Waals surface area contributed by atoms with Crippen LogP contribution in [0.15, 0.2) is 52.1 Å². The Morgan fingerprint density at radius 2 is 1.73 bits per heavy atom. The van der Waals surface area contributed by atoms with Gasteiger partial charge in [-0.15, -0.1) is 0 Å². The molecule has 0 aliphatic carbocycles. The molecular formula is C21H18N4O8. The summed E-state index contributed by atoms with van der Waals surface area (Å²) in [5.41, 5.74) is -1.91. The molecule has 0 bridgehead atoms. The first kappa shape index (κ1) is 22.9. The molecule has 0 aliphatic heterocycles. The zero-order chi connectivity index (χ0) is 24.0. The fourth-order valence-corrected chi connectivity index (χ4v) is 2.92. The highest BCUT2D eigenvalue weighted by atomic mass is 16.6. The lowest BCUT2D eigenvalue weighted by Crippen LogP contribution is -2.25. The van der Waals surface area contributed by atoms with Crippen molar-refractivity contribution in [1.82, 2.24) is 9.97 Å². The summed E-state index contributed by atoms with van der Waals surface area (Å²) in [6, 6.07) is 10.9. The van der Waals surface area contributed by atoms with E-state index >= 15 is 0 Å². The van der Waals surface area contributed by atoms with Gasteiger partial charge in [-0.3, -0.25) is 30.0 Å². The van der Waals surface area contributed by atoms with Crippen molar-refractivity contribution in [2.45, 2.75) is 13.5 Å². The molecule has 0 saturated heterocycles. The largest absolute Gasteiger partial charge is 0.490 e. The van der Waals surface area contributed by atoms with Crippen molar-refractivity contribution in [2.75, 3.05) is 6.61 Å². The van der Waals surface area contributed by atoms with Crippen molar-refractivity contribution in [2.24, 2.45) is 0 Å². The second-order valence-corrected chi connectivity index (χ2v) is 6.62. The smallest absolute Gasteiger partial charge is 0.357 e. The highest BCUT2D eigenvalue weighted by Crippen LogP contribution is 2.30. The van der Waals surface area contributed by atoms with Gasteiger partial charge in [0, 0.05) is 12.1 Å². The lowest BCUT2D eigenvalue weighted by Gasteiger charge is -2.12. The molecule has 0 aliphatic rings. The third-order valence-electron chi connectivity index (χ3n) is 4.35. The van der Waals surface area contributed by atoms with Crippen LogP contribution in [-0.4, -0.2) is 26.4 Å². The number of benzene rings is 2. The molecule has 2 N–H and O–H groups in total. The fourth-order valence-electron chi connectivity index (χ4n) is 2.92. The molecule has 0 saturated carbocycles. The number of ether oxygens (including phenoxy) is 2. The molecule has 0 atom stereocenters. The molecular weight excluding hydrogens is 436 g/mol. The molecule has 1 heterocycles. The van der Waals surface area contributed by atoms with Gasteiger partial charge in [0.05, 0.1) is 16.5 Å². The fraction of sp³-hybridized carbons (Fsp3) is 0.143. The number of nitro benzene ring substituents is 1. The predicted molar refractivity (Wildman–Crippen MR) is 118 cm³/mol. The lowest BCUT2D eigenvalue weighted by molar-refractivity contribution is -0.386. The van der Waals surface area contributed by atoms with Crippen molar-refractivity contribution in [3.05, 3.63) is 100 Å². The summed E-state index contributed by atoms with van der Waals surface area (Å²) in [5, 5.41) is 22.1. The number of nitrogens with zero attached hydrogens (tertiary/aromatic N) is 2. The topological polar surface area (TPSA) is 170 Å². The average molecular weight is 454 g/mol. The van der Waals surface area contributed by atoms with Crippen molar-refractivity contribution in [1.29, 1.82) is 0 Å². The maximum absolute atomic E-state index is 11.7. The van der Waals surface area contributed by atoms with E-state index in [-0.39, 0.29) is 18.0 Å². The van der Waals surface area contributed by atoms with E-state index in [1.54, 1.807) is 37.3 Å². The van der Waals surface area contributed by atoms with E-state index in [2.05, 4.69) is 4.98 Å². The summed E-state index contributed by atoms with van der Waals surface area (Å²) in [6.07, 6.45) is 2.70. The molecule has 12 nitrogen and oxygen atoms in total. The summed E-state index contributed by atoms with van der Waals surface area (Å²) in [6.45, 7) is 2.17. The van der Waals surface area contributed by atoms with Crippen LogP contribution in [-0.2, 0) is 6.61 Å². The molecule has 0 amide bonds. The normalized spacial score (nSPS) is 10.8. The Balaban J connectivity index is 1.85. The molecule has 3 rings (SSSR count). The first-order valence-electron chi connectivity index (χ1n) is 9.60. The number of aromatic amines is 2. The van der Waals surface area contributed by atoms with E-state index < -0.39 is 26.8 Å². The van der Waals surface area contributed by atoms with Gasteiger partial charge in [-0.25, -0.2) is 4.79 Å². The molecule has 0 fully saturated rings. The number of non-ortho nitro benzene ring substituents is 1. The molecule has 2 aromatic carbocycles. The van der Waals surface area contributed by atoms with E-state index in [0.29, 0.717) is 29.2 Å². The monoisotopic (exact) mass is 454 g/mol. The lowest BCUT2D eigenvalue weighted by atomic mass is 10.1. The molecule has 0 spiro atoms. The van der Waals surface area contributed by atoms with Gasteiger partial charge in [-0.2, -0.15) is 0 Å². The molecule has 3 aromatic rings. The Kier molecular flexibility index (Phi) is 6.98. The standard InChI is InChI=1S/C21H18N4O8/c1-2-32-18-11-13(6-8-16-19(25(30)31)20(26)23-21(27)22-16)7-9-17(18)33-12-14-4-3-5-15(10-14)24(28)29/h3-11H,2,12H2,1H3,(H2,22,23,26,27)/b8-6-. The van der Waals surface area contributed by atoms with Crippen LogP contribution in [0.2, 0.25) is 0 Å². The Bertz CT molecular complexity index is 1340. The van der Waals surface area contributed by atoms with Gasteiger partial charge in [0.1, 0.15) is 12.3 Å². The SMILES string of the molecule is CCOc1cc(/C=C\c2[nH]c(=O)[nH]c(=O)c2[N+](=O)[O-])ccc1OCc1cccc([N+](=O)[O-])c1. The molecule has 1 aromatic heterocycles.